The summed E-state index contributed by atoms with van der Waals surface area (Å²) < 4.78 is 10.7. The molecule has 4 aromatic rings. The zero-order chi connectivity index (χ0) is 28.6. The Morgan fingerprint density at radius 3 is 2.32 bits per heavy atom. The minimum absolute atomic E-state index is 0.0440. The van der Waals surface area contributed by atoms with Crippen molar-refractivity contribution >= 4 is 29.0 Å². The highest BCUT2D eigenvalue weighted by atomic mass is 32.1. The number of thiophene rings is 1. The summed E-state index contributed by atoms with van der Waals surface area (Å²) in [6, 6.07) is 23.2. The molecular weight excluding hydrogens is 538 g/mol. The van der Waals surface area contributed by atoms with Gasteiger partial charge in [0.25, 0.3) is 5.91 Å². The fourth-order valence-corrected chi connectivity index (χ4v) is 5.50. The average Bonchev–Trinajstić information content (AvgIpc) is 3.58. The minimum Gasteiger partial charge on any atom is -0.493 e. The van der Waals surface area contributed by atoms with E-state index in [9.17, 15) is 9.59 Å². The van der Waals surface area contributed by atoms with Crippen molar-refractivity contribution < 1.29 is 19.1 Å². The van der Waals surface area contributed by atoms with E-state index in [2.05, 4.69) is 15.1 Å². The summed E-state index contributed by atoms with van der Waals surface area (Å²) in [5, 5.41) is 10.8. The van der Waals surface area contributed by atoms with E-state index in [0.717, 1.165) is 22.6 Å². The number of anilines is 1. The van der Waals surface area contributed by atoms with Crippen LogP contribution in [0.2, 0.25) is 0 Å². The number of carbonyl (C=O) groups excluding carboxylic acids is 2. The molecule has 1 fully saturated rings. The molecule has 41 heavy (non-hydrogen) atoms. The highest BCUT2D eigenvalue weighted by Gasteiger charge is 2.26. The van der Waals surface area contributed by atoms with Crippen LogP contribution >= 0.6 is 11.3 Å². The van der Waals surface area contributed by atoms with E-state index >= 15 is 0 Å². The van der Waals surface area contributed by atoms with Gasteiger partial charge < -0.3 is 24.2 Å². The Bertz CT molecular complexity index is 1440. The quantitative estimate of drug-likeness (QED) is 0.281. The van der Waals surface area contributed by atoms with Gasteiger partial charge in [0, 0.05) is 38.3 Å². The Hall–Kier alpha value is -4.44. The highest BCUT2D eigenvalue weighted by Crippen LogP contribution is 2.31. The van der Waals surface area contributed by atoms with Gasteiger partial charge in [-0.1, -0.05) is 36.4 Å². The largest absolute Gasteiger partial charge is 0.493 e. The second kappa shape index (κ2) is 13.3. The zero-order valence-corrected chi connectivity index (χ0v) is 24.0. The summed E-state index contributed by atoms with van der Waals surface area (Å²) in [6.07, 6.45) is 0.691. The van der Waals surface area contributed by atoms with E-state index in [0.29, 0.717) is 55.5 Å². The van der Waals surface area contributed by atoms with Gasteiger partial charge in [-0.2, -0.15) is 0 Å². The molecule has 2 aromatic carbocycles. The molecule has 2 amide bonds. The third-order valence-corrected chi connectivity index (χ3v) is 8.00. The smallest absolute Gasteiger partial charge is 0.264 e. The summed E-state index contributed by atoms with van der Waals surface area (Å²) in [5.74, 6) is 1.90. The molecule has 9 nitrogen and oxygen atoms in total. The molecule has 1 aliphatic heterocycles. The van der Waals surface area contributed by atoms with E-state index < -0.39 is 0 Å². The molecule has 2 aromatic heterocycles. The molecule has 0 N–H and O–H groups in total. The van der Waals surface area contributed by atoms with Crippen LogP contribution in [0.25, 0.3) is 11.3 Å². The van der Waals surface area contributed by atoms with Crippen LogP contribution in [0.1, 0.15) is 15.2 Å². The number of hydrogen-bond donors (Lipinski definition) is 0. The molecule has 0 saturated carbocycles. The topological polar surface area (TPSA) is 88.1 Å². The predicted molar refractivity (Wildman–Crippen MR) is 160 cm³/mol. The maximum Gasteiger partial charge on any atom is 0.264 e. The van der Waals surface area contributed by atoms with Crippen molar-refractivity contribution in [2.24, 2.45) is 0 Å². The molecule has 1 aliphatic rings. The van der Waals surface area contributed by atoms with Crippen molar-refractivity contribution in [2.75, 3.05) is 58.4 Å². The second-order valence-electron chi connectivity index (χ2n) is 9.65. The number of aromatic nitrogens is 2. The maximum atomic E-state index is 13.3. The Kier molecular flexibility index (Phi) is 9.10. The standard InChI is InChI=1S/C31H33N5O4S/c1-39-26-12-10-24(21-27(26)40-2)25-11-13-29(33-32-25)34-16-18-35(19-17-34)30(37)22-36(31(38)28-9-6-20-41-28)15-14-23-7-4-3-5-8-23/h3-13,20-21H,14-19,22H2,1-2H3. The Labute approximate surface area is 243 Å². The number of benzene rings is 2. The predicted octanol–water partition coefficient (Wildman–Crippen LogP) is 4.26. The Morgan fingerprint density at radius 1 is 0.878 bits per heavy atom. The minimum atomic E-state index is -0.104. The maximum absolute atomic E-state index is 13.3. The molecule has 0 aliphatic carbocycles. The van der Waals surface area contributed by atoms with Crippen LogP contribution in [0, 0.1) is 0 Å². The van der Waals surface area contributed by atoms with Gasteiger partial charge in [0.05, 0.1) is 24.8 Å². The lowest BCUT2D eigenvalue weighted by Crippen LogP contribution is -2.52. The van der Waals surface area contributed by atoms with Gasteiger partial charge in [0.2, 0.25) is 5.91 Å². The van der Waals surface area contributed by atoms with Gasteiger partial charge in [0.15, 0.2) is 17.3 Å². The second-order valence-corrected chi connectivity index (χ2v) is 10.6. The normalized spacial score (nSPS) is 13.1. The molecular formula is C31H33N5O4S. The first-order chi connectivity index (χ1) is 20.1. The summed E-state index contributed by atoms with van der Waals surface area (Å²) in [5.41, 5.74) is 2.75. The first kappa shape index (κ1) is 28.1. The van der Waals surface area contributed by atoms with Crippen LogP contribution in [0.5, 0.6) is 11.5 Å². The number of nitrogens with zero attached hydrogens (tertiary/aromatic N) is 5. The number of carbonyl (C=O) groups is 2. The summed E-state index contributed by atoms with van der Waals surface area (Å²) in [6.45, 7) is 2.92. The molecule has 5 rings (SSSR count). The van der Waals surface area contributed by atoms with Crippen LogP contribution in [0.3, 0.4) is 0 Å². The van der Waals surface area contributed by atoms with Crippen LogP contribution < -0.4 is 14.4 Å². The number of hydrogen-bond acceptors (Lipinski definition) is 8. The number of amides is 2. The van der Waals surface area contributed by atoms with Crippen molar-refractivity contribution in [3.8, 4) is 22.8 Å². The SMILES string of the molecule is COc1ccc(-c2ccc(N3CCN(C(=O)CN(CCc4ccccc4)C(=O)c4cccs4)CC3)nn2)cc1OC. The van der Waals surface area contributed by atoms with Gasteiger partial charge in [-0.25, -0.2) is 0 Å². The number of piperazine rings is 1. The third-order valence-electron chi connectivity index (χ3n) is 7.14. The van der Waals surface area contributed by atoms with Gasteiger partial charge in [-0.05, 0) is 53.8 Å². The summed E-state index contributed by atoms with van der Waals surface area (Å²) in [4.78, 5) is 32.8. The van der Waals surface area contributed by atoms with E-state index in [1.165, 1.54) is 11.3 Å². The lowest BCUT2D eigenvalue weighted by Gasteiger charge is -2.36. The molecule has 0 unspecified atom stereocenters. The first-order valence-electron chi connectivity index (χ1n) is 13.5. The van der Waals surface area contributed by atoms with E-state index in [4.69, 9.17) is 9.47 Å². The fraction of sp³-hybridized carbons (Fsp3) is 0.290. The highest BCUT2D eigenvalue weighted by molar-refractivity contribution is 7.12. The van der Waals surface area contributed by atoms with Crippen LogP contribution in [-0.2, 0) is 11.2 Å². The zero-order valence-electron chi connectivity index (χ0n) is 23.2. The molecule has 0 spiro atoms. The van der Waals surface area contributed by atoms with Crippen molar-refractivity contribution in [2.45, 2.75) is 6.42 Å². The van der Waals surface area contributed by atoms with Crippen LogP contribution in [0.15, 0.2) is 78.2 Å². The molecule has 0 radical (unpaired) electrons. The van der Waals surface area contributed by atoms with Crippen molar-refractivity contribution in [1.29, 1.82) is 0 Å². The number of rotatable bonds is 10. The monoisotopic (exact) mass is 571 g/mol. The van der Waals surface area contributed by atoms with Crippen LogP contribution in [-0.4, -0.2) is 85.3 Å². The van der Waals surface area contributed by atoms with Crippen molar-refractivity contribution in [3.63, 3.8) is 0 Å². The van der Waals surface area contributed by atoms with Gasteiger partial charge in [-0.15, -0.1) is 21.5 Å². The van der Waals surface area contributed by atoms with Gasteiger partial charge in [0.1, 0.15) is 6.54 Å². The lowest BCUT2D eigenvalue weighted by atomic mass is 10.1. The van der Waals surface area contributed by atoms with Crippen molar-refractivity contribution in [3.05, 3.63) is 88.6 Å². The molecule has 0 bridgehead atoms. The fourth-order valence-electron chi connectivity index (χ4n) is 4.81. The van der Waals surface area contributed by atoms with E-state index in [1.807, 2.05) is 83.1 Å². The average molecular weight is 572 g/mol. The molecule has 10 heteroatoms. The molecule has 212 valence electrons. The van der Waals surface area contributed by atoms with Gasteiger partial charge >= 0.3 is 0 Å². The molecule has 1 saturated heterocycles. The van der Waals surface area contributed by atoms with E-state index in [1.54, 1.807) is 19.1 Å². The number of methoxy groups -OCH3 is 2. The summed E-state index contributed by atoms with van der Waals surface area (Å²) >= 11 is 1.40. The lowest BCUT2D eigenvalue weighted by molar-refractivity contribution is -0.132. The molecule has 3 heterocycles. The Morgan fingerprint density at radius 2 is 1.66 bits per heavy atom. The van der Waals surface area contributed by atoms with Crippen LogP contribution in [0.4, 0.5) is 5.82 Å². The number of ether oxygens (including phenoxy) is 2. The van der Waals surface area contributed by atoms with E-state index in [-0.39, 0.29) is 18.4 Å². The Balaban J connectivity index is 1.18. The first-order valence-corrected chi connectivity index (χ1v) is 14.4. The third kappa shape index (κ3) is 6.83. The van der Waals surface area contributed by atoms with Gasteiger partial charge in [-0.3, -0.25) is 9.59 Å². The van der Waals surface area contributed by atoms with Crippen molar-refractivity contribution in [1.82, 2.24) is 20.0 Å². The summed E-state index contributed by atoms with van der Waals surface area (Å²) in [7, 11) is 3.21. The molecule has 0 atom stereocenters.